The minimum absolute atomic E-state index is 0.109. The maximum Gasteiger partial charge on any atom is 0.334 e. The number of benzene rings is 1. The summed E-state index contributed by atoms with van der Waals surface area (Å²) in [6, 6.07) is 9.10. The molecular weight excluding hydrogens is 316 g/mol. The number of carbonyl (C=O) groups is 3. The summed E-state index contributed by atoms with van der Waals surface area (Å²) in [6.45, 7) is 0.394. The van der Waals surface area contributed by atoms with Crippen LogP contribution in [0.3, 0.4) is 0 Å². The molecule has 0 saturated carbocycles. The number of nitrogens with zero attached hydrogens (tertiary/aromatic N) is 2. The molecule has 1 saturated heterocycles. The predicted octanol–water partition coefficient (Wildman–Crippen LogP) is 3.38. The minimum atomic E-state index is -0.736. The van der Waals surface area contributed by atoms with Gasteiger partial charge in [-0.1, -0.05) is 54.1 Å². The zero-order valence-corrected chi connectivity index (χ0v) is 14.2. The number of allylic oxidation sites excluding steroid dienone is 1. The van der Waals surface area contributed by atoms with Gasteiger partial charge in [0.25, 0.3) is 0 Å². The molecule has 0 bridgehead atoms. The quantitative estimate of drug-likeness (QED) is 0.454. The molecule has 0 N–H and O–H groups in total. The molecule has 3 rings (SSSR count). The van der Waals surface area contributed by atoms with Crippen LogP contribution in [0.4, 0.5) is 4.79 Å². The van der Waals surface area contributed by atoms with Crippen molar-refractivity contribution in [3.8, 4) is 0 Å². The lowest BCUT2D eigenvalue weighted by atomic mass is 9.97. The second-order valence-electron chi connectivity index (χ2n) is 6.33. The van der Waals surface area contributed by atoms with E-state index in [0.29, 0.717) is 6.42 Å². The zero-order valence-electron chi connectivity index (χ0n) is 14.2. The number of carbonyl (C=O) groups excluding carboxylic acids is 3. The maximum absolute atomic E-state index is 12.4. The molecule has 1 fully saturated rings. The summed E-state index contributed by atoms with van der Waals surface area (Å²) in [5, 5.41) is 0. The molecule has 5 heteroatoms. The van der Waals surface area contributed by atoms with Crippen LogP contribution in [0, 0.1) is 0 Å². The third-order valence-corrected chi connectivity index (χ3v) is 4.57. The van der Waals surface area contributed by atoms with Gasteiger partial charge in [-0.15, -0.1) is 0 Å². The van der Waals surface area contributed by atoms with Gasteiger partial charge >= 0.3 is 17.8 Å². The highest BCUT2D eigenvalue weighted by Crippen LogP contribution is 2.22. The van der Waals surface area contributed by atoms with Crippen LogP contribution < -0.4 is 0 Å². The second kappa shape index (κ2) is 7.92. The standard InChI is InChI=1S/C20H22N2O3/c23-18-19(24)22(15-13-17-10-5-2-6-11-17)20(25)21(18)14-7-12-16-8-3-1-4-9-16/h1,3-4,7-10,12H,2,5-6,11,13-15H2. The summed E-state index contributed by atoms with van der Waals surface area (Å²) in [7, 11) is 0. The summed E-state index contributed by atoms with van der Waals surface area (Å²) in [6.07, 6.45) is 10.9. The lowest BCUT2D eigenvalue weighted by Crippen LogP contribution is -2.34. The molecule has 25 heavy (non-hydrogen) atoms. The van der Waals surface area contributed by atoms with E-state index in [2.05, 4.69) is 6.08 Å². The Morgan fingerprint density at radius 3 is 2.44 bits per heavy atom. The van der Waals surface area contributed by atoms with Crippen LogP contribution in [0.5, 0.6) is 0 Å². The van der Waals surface area contributed by atoms with Gasteiger partial charge in [0.05, 0.1) is 0 Å². The van der Waals surface area contributed by atoms with Crippen molar-refractivity contribution in [2.45, 2.75) is 32.1 Å². The molecule has 2 aliphatic rings. The Kier molecular flexibility index (Phi) is 5.43. The largest absolute Gasteiger partial charge is 0.334 e. The molecular formula is C20H22N2O3. The van der Waals surface area contributed by atoms with Gasteiger partial charge in [-0.05, 0) is 37.7 Å². The summed E-state index contributed by atoms with van der Waals surface area (Å²) in [4.78, 5) is 38.7. The molecule has 0 spiro atoms. The second-order valence-corrected chi connectivity index (χ2v) is 6.33. The molecule has 0 radical (unpaired) electrons. The maximum atomic E-state index is 12.4. The average molecular weight is 338 g/mol. The van der Waals surface area contributed by atoms with Gasteiger partial charge < -0.3 is 0 Å². The first kappa shape index (κ1) is 17.1. The van der Waals surface area contributed by atoms with Crippen molar-refractivity contribution in [1.29, 1.82) is 0 Å². The Morgan fingerprint density at radius 1 is 0.960 bits per heavy atom. The van der Waals surface area contributed by atoms with Crippen LogP contribution in [0.15, 0.2) is 48.1 Å². The first-order valence-electron chi connectivity index (χ1n) is 8.73. The molecule has 0 unspecified atom stereocenters. The Balaban J connectivity index is 1.59. The molecule has 0 aromatic heterocycles. The first-order chi connectivity index (χ1) is 12.2. The van der Waals surface area contributed by atoms with Crippen molar-refractivity contribution >= 4 is 23.9 Å². The monoisotopic (exact) mass is 338 g/mol. The van der Waals surface area contributed by atoms with Gasteiger partial charge in [-0.2, -0.15) is 0 Å². The number of rotatable bonds is 6. The van der Waals surface area contributed by atoms with E-state index in [1.807, 2.05) is 36.4 Å². The minimum Gasteiger partial charge on any atom is -0.263 e. The highest BCUT2D eigenvalue weighted by molar-refractivity contribution is 6.44. The molecule has 0 atom stereocenters. The fourth-order valence-electron chi connectivity index (χ4n) is 3.15. The number of imide groups is 2. The van der Waals surface area contributed by atoms with E-state index in [9.17, 15) is 14.4 Å². The van der Waals surface area contributed by atoms with Gasteiger partial charge in [0.1, 0.15) is 0 Å². The van der Waals surface area contributed by atoms with E-state index < -0.39 is 17.8 Å². The summed E-state index contributed by atoms with van der Waals surface area (Å²) >= 11 is 0. The molecule has 5 nitrogen and oxygen atoms in total. The van der Waals surface area contributed by atoms with E-state index in [1.165, 1.54) is 12.0 Å². The van der Waals surface area contributed by atoms with Gasteiger partial charge in [0.15, 0.2) is 0 Å². The molecule has 1 aromatic carbocycles. The zero-order chi connectivity index (χ0) is 17.6. The normalized spacial score (nSPS) is 18.4. The van der Waals surface area contributed by atoms with E-state index in [-0.39, 0.29) is 13.1 Å². The molecule has 130 valence electrons. The Labute approximate surface area is 147 Å². The third kappa shape index (κ3) is 4.05. The van der Waals surface area contributed by atoms with Crippen LogP contribution in [0.1, 0.15) is 37.7 Å². The smallest absolute Gasteiger partial charge is 0.263 e. The Morgan fingerprint density at radius 2 is 1.72 bits per heavy atom. The van der Waals surface area contributed by atoms with Crippen molar-refractivity contribution in [3.63, 3.8) is 0 Å². The fraction of sp³-hybridized carbons (Fsp3) is 0.350. The van der Waals surface area contributed by atoms with Crippen molar-refractivity contribution in [2.24, 2.45) is 0 Å². The van der Waals surface area contributed by atoms with E-state index in [1.54, 1.807) is 6.08 Å². The van der Waals surface area contributed by atoms with Crippen LogP contribution in [-0.2, 0) is 9.59 Å². The van der Waals surface area contributed by atoms with Crippen molar-refractivity contribution < 1.29 is 14.4 Å². The number of amides is 4. The van der Waals surface area contributed by atoms with Gasteiger partial charge in [0, 0.05) is 13.1 Å². The highest BCUT2D eigenvalue weighted by atomic mass is 16.2. The van der Waals surface area contributed by atoms with Crippen molar-refractivity contribution in [3.05, 3.63) is 53.6 Å². The van der Waals surface area contributed by atoms with Crippen LogP contribution in [0.25, 0.3) is 6.08 Å². The highest BCUT2D eigenvalue weighted by Gasteiger charge is 2.43. The summed E-state index contributed by atoms with van der Waals surface area (Å²) in [5.74, 6) is -1.45. The molecule has 1 aliphatic carbocycles. The molecule has 1 heterocycles. The fourth-order valence-corrected chi connectivity index (χ4v) is 3.15. The number of hydrogen-bond acceptors (Lipinski definition) is 3. The predicted molar refractivity (Wildman–Crippen MR) is 95.5 cm³/mol. The van der Waals surface area contributed by atoms with Gasteiger partial charge in [-0.25, -0.2) is 4.79 Å². The number of urea groups is 1. The number of hydrogen-bond donors (Lipinski definition) is 0. The third-order valence-electron chi connectivity index (χ3n) is 4.57. The van der Waals surface area contributed by atoms with E-state index in [0.717, 1.165) is 34.6 Å². The van der Waals surface area contributed by atoms with Gasteiger partial charge in [-0.3, -0.25) is 19.4 Å². The lowest BCUT2D eigenvalue weighted by molar-refractivity contribution is -0.143. The Bertz CT molecular complexity index is 722. The van der Waals surface area contributed by atoms with Crippen molar-refractivity contribution in [2.75, 3.05) is 13.1 Å². The summed E-state index contributed by atoms with van der Waals surface area (Å²) in [5.41, 5.74) is 2.26. The van der Waals surface area contributed by atoms with Crippen molar-refractivity contribution in [1.82, 2.24) is 9.80 Å². The lowest BCUT2D eigenvalue weighted by Gasteiger charge is -2.17. The molecule has 1 aromatic rings. The average Bonchev–Trinajstić information content (AvgIpc) is 2.85. The van der Waals surface area contributed by atoms with E-state index in [4.69, 9.17) is 0 Å². The van der Waals surface area contributed by atoms with E-state index >= 15 is 0 Å². The SMILES string of the molecule is O=C1C(=O)N(CCC2=CCCCC2)C(=O)N1CC=Cc1ccccc1. The molecule has 4 amide bonds. The first-order valence-corrected chi connectivity index (χ1v) is 8.73. The Hall–Kier alpha value is -2.69. The topological polar surface area (TPSA) is 57.7 Å². The molecule has 1 aliphatic heterocycles. The van der Waals surface area contributed by atoms with Gasteiger partial charge in [0.2, 0.25) is 0 Å². The summed E-state index contributed by atoms with van der Waals surface area (Å²) < 4.78 is 0. The van der Waals surface area contributed by atoms with Crippen LogP contribution in [-0.4, -0.2) is 40.7 Å². The van der Waals surface area contributed by atoms with Crippen LogP contribution >= 0.6 is 0 Å². The van der Waals surface area contributed by atoms with Crippen LogP contribution in [0.2, 0.25) is 0 Å².